The number of benzene rings is 3. The molecule has 0 unspecified atom stereocenters. The topological polar surface area (TPSA) is 92.4 Å². The molecule has 0 fully saturated rings. The predicted molar refractivity (Wildman–Crippen MR) is 124 cm³/mol. The fraction of sp³-hybridized carbons (Fsp3) is 0. The molecule has 0 aliphatic heterocycles. The Balaban J connectivity index is 1.94. The second kappa shape index (κ2) is 8.11. The molecule has 0 radical (unpaired) electrons. The summed E-state index contributed by atoms with van der Waals surface area (Å²) >= 11 is 2.14. The summed E-state index contributed by atoms with van der Waals surface area (Å²) in [6, 6.07) is 18.3. The number of rotatable bonds is 4. The molecule has 0 amide bonds. The molecule has 4 rings (SSSR count). The monoisotopic (exact) mass is 510 g/mol. The second-order valence-electron chi connectivity index (χ2n) is 6.52. The zero-order chi connectivity index (χ0) is 21.3. The van der Waals surface area contributed by atoms with Gasteiger partial charge in [0.05, 0.1) is 22.2 Å². The number of aromatic carboxylic acids is 1. The number of aromatic nitrogens is 2. The van der Waals surface area contributed by atoms with Crippen molar-refractivity contribution in [2.45, 2.75) is 0 Å². The molecule has 4 aromatic rings. The number of hydrogen-bond donors (Lipinski definition) is 2. The van der Waals surface area contributed by atoms with Gasteiger partial charge in [0.15, 0.2) is 0 Å². The number of halogens is 1. The molecule has 0 aliphatic rings. The molecule has 1 heterocycles. The Morgan fingerprint density at radius 2 is 1.73 bits per heavy atom. The van der Waals surface area contributed by atoms with Crippen LogP contribution in [0, 0.1) is 3.57 Å². The lowest BCUT2D eigenvalue weighted by Gasteiger charge is -2.12. The molecule has 0 saturated heterocycles. The third-order valence-corrected chi connectivity index (χ3v) is 5.25. The first-order valence-electron chi connectivity index (χ1n) is 8.96. The number of para-hydroxylation sites is 1. The number of hydrogen-bond acceptors (Lipinski definition) is 4. The van der Waals surface area contributed by atoms with Gasteiger partial charge in [0, 0.05) is 9.13 Å². The van der Waals surface area contributed by atoms with Crippen molar-refractivity contribution < 1.29 is 15.0 Å². The van der Waals surface area contributed by atoms with Crippen LogP contribution in [0.15, 0.2) is 71.5 Å². The normalized spacial score (nSPS) is 11.2. The first-order chi connectivity index (χ1) is 14.4. The van der Waals surface area contributed by atoms with E-state index in [4.69, 9.17) is 5.11 Å². The molecular weight excluding hydrogens is 495 g/mol. The van der Waals surface area contributed by atoms with Gasteiger partial charge in [-0.1, -0.05) is 18.2 Å². The highest BCUT2D eigenvalue weighted by Gasteiger charge is 2.13. The van der Waals surface area contributed by atoms with E-state index in [9.17, 15) is 14.7 Å². The summed E-state index contributed by atoms with van der Waals surface area (Å²) in [4.78, 5) is 29.1. The van der Waals surface area contributed by atoms with Crippen LogP contribution in [0.5, 0.6) is 5.75 Å². The van der Waals surface area contributed by atoms with Crippen molar-refractivity contribution in [2.75, 3.05) is 0 Å². The number of phenols is 1. The average Bonchev–Trinajstić information content (AvgIpc) is 2.74. The van der Waals surface area contributed by atoms with E-state index in [0.29, 0.717) is 28.0 Å². The Hall–Kier alpha value is -3.46. The van der Waals surface area contributed by atoms with E-state index >= 15 is 0 Å². The molecule has 0 saturated carbocycles. The van der Waals surface area contributed by atoms with E-state index in [1.165, 1.54) is 16.7 Å². The van der Waals surface area contributed by atoms with Gasteiger partial charge in [-0.05, 0) is 83.3 Å². The Labute approximate surface area is 184 Å². The molecule has 1 aromatic heterocycles. The zero-order valence-corrected chi connectivity index (χ0v) is 17.6. The van der Waals surface area contributed by atoms with Crippen LogP contribution in [0.3, 0.4) is 0 Å². The number of carboxylic acid groups (broad SMARTS) is 1. The Morgan fingerprint density at radius 1 is 1.00 bits per heavy atom. The second-order valence-corrected chi connectivity index (χ2v) is 7.76. The summed E-state index contributed by atoms with van der Waals surface area (Å²) in [6.45, 7) is 0. The quantitative estimate of drug-likeness (QED) is 0.393. The summed E-state index contributed by atoms with van der Waals surface area (Å²) in [6.07, 6.45) is 3.33. The van der Waals surface area contributed by atoms with Crippen molar-refractivity contribution in [2.24, 2.45) is 0 Å². The van der Waals surface area contributed by atoms with E-state index in [0.717, 1.165) is 3.57 Å². The van der Waals surface area contributed by atoms with Crippen LogP contribution in [-0.4, -0.2) is 25.7 Å². The molecule has 148 valence electrons. The minimum Gasteiger partial charge on any atom is -0.507 e. The molecular formula is C23H15IN2O4. The first kappa shape index (κ1) is 19.8. The predicted octanol–water partition coefficient (Wildman–Crippen LogP) is 4.56. The lowest BCUT2D eigenvalue weighted by Crippen LogP contribution is -2.22. The van der Waals surface area contributed by atoms with Crippen molar-refractivity contribution in [3.05, 3.63) is 97.6 Å². The van der Waals surface area contributed by atoms with Gasteiger partial charge < -0.3 is 10.2 Å². The third kappa shape index (κ3) is 3.84. The Kier molecular flexibility index (Phi) is 5.37. The van der Waals surface area contributed by atoms with Crippen molar-refractivity contribution in [3.63, 3.8) is 0 Å². The SMILES string of the molecule is O=C(O)c1ccc(-n2c(/C=C/c3ccccc3O)nc3ccc(I)cc3c2=O)cc1. The van der Waals surface area contributed by atoms with Crippen LogP contribution < -0.4 is 5.56 Å². The van der Waals surface area contributed by atoms with E-state index in [-0.39, 0.29) is 16.9 Å². The molecule has 30 heavy (non-hydrogen) atoms. The van der Waals surface area contributed by atoms with Crippen LogP contribution in [-0.2, 0) is 0 Å². The minimum atomic E-state index is -1.04. The number of carbonyl (C=O) groups is 1. The van der Waals surface area contributed by atoms with Gasteiger partial charge >= 0.3 is 5.97 Å². The summed E-state index contributed by atoms with van der Waals surface area (Å²) in [7, 11) is 0. The van der Waals surface area contributed by atoms with Gasteiger partial charge in [0.2, 0.25) is 0 Å². The molecule has 0 spiro atoms. The summed E-state index contributed by atoms with van der Waals surface area (Å²) in [5, 5.41) is 19.6. The molecule has 7 heteroatoms. The molecule has 6 nitrogen and oxygen atoms in total. The van der Waals surface area contributed by atoms with E-state index in [1.807, 2.05) is 6.07 Å². The van der Waals surface area contributed by atoms with E-state index in [1.54, 1.807) is 60.7 Å². The lowest BCUT2D eigenvalue weighted by atomic mass is 10.1. The summed E-state index contributed by atoms with van der Waals surface area (Å²) in [5.74, 6) is -0.566. The van der Waals surface area contributed by atoms with E-state index < -0.39 is 5.97 Å². The van der Waals surface area contributed by atoms with Crippen molar-refractivity contribution >= 4 is 51.6 Å². The van der Waals surface area contributed by atoms with Gasteiger partial charge in [-0.2, -0.15) is 0 Å². The standard InChI is InChI=1S/C23H15IN2O4/c24-16-8-11-19-18(13-16)22(28)26(17-9-5-15(6-10-17)23(29)30)21(25-19)12-7-14-3-1-2-4-20(14)27/h1-13,27H,(H,29,30)/b12-7+. The zero-order valence-electron chi connectivity index (χ0n) is 15.5. The maximum atomic E-state index is 13.3. The van der Waals surface area contributed by atoms with Crippen LogP contribution in [0.1, 0.15) is 21.7 Å². The fourth-order valence-electron chi connectivity index (χ4n) is 3.08. The number of phenolic OH excluding ortho intramolecular Hbond substituents is 1. The van der Waals surface area contributed by atoms with Crippen LogP contribution in [0.2, 0.25) is 0 Å². The highest BCUT2D eigenvalue weighted by atomic mass is 127. The van der Waals surface area contributed by atoms with Crippen molar-refractivity contribution in [1.82, 2.24) is 9.55 Å². The van der Waals surface area contributed by atoms with E-state index in [2.05, 4.69) is 27.6 Å². The maximum Gasteiger partial charge on any atom is 0.335 e. The van der Waals surface area contributed by atoms with Crippen LogP contribution >= 0.6 is 22.6 Å². The highest BCUT2D eigenvalue weighted by molar-refractivity contribution is 14.1. The van der Waals surface area contributed by atoms with Gasteiger partial charge in [0.1, 0.15) is 11.6 Å². The summed E-state index contributed by atoms with van der Waals surface area (Å²) in [5.41, 5.74) is 1.49. The molecule has 0 bridgehead atoms. The Morgan fingerprint density at radius 3 is 2.43 bits per heavy atom. The number of nitrogens with zero attached hydrogens (tertiary/aromatic N) is 2. The fourth-order valence-corrected chi connectivity index (χ4v) is 3.57. The summed E-state index contributed by atoms with van der Waals surface area (Å²) < 4.78 is 2.34. The van der Waals surface area contributed by atoms with Crippen LogP contribution in [0.4, 0.5) is 0 Å². The molecule has 3 aromatic carbocycles. The van der Waals surface area contributed by atoms with Gasteiger partial charge in [-0.25, -0.2) is 9.78 Å². The third-order valence-electron chi connectivity index (χ3n) is 4.58. The van der Waals surface area contributed by atoms with Gasteiger partial charge in [0.25, 0.3) is 5.56 Å². The molecule has 0 atom stereocenters. The molecule has 2 N–H and O–H groups in total. The van der Waals surface area contributed by atoms with Crippen LogP contribution in [0.25, 0.3) is 28.7 Å². The lowest BCUT2D eigenvalue weighted by molar-refractivity contribution is 0.0697. The Bertz CT molecular complexity index is 1360. The minimum absolute atomic E-state index is 0.115. The maximum absolute atomic E-state index is 13.3. The number of fused-ring (bicyclic) bond motifs is 1. The first-order valence-corrected chi connectivity index (χ1v) is 10.0. The highest BCUT2D eigenvalue weighted by Crippen LogP contribution is 2.21. The van der Waals surface area contributed by atoms with Crippen molar-refractivity contribution in [3.8, 4) is 11.4 Å². The average molecular weight is 510 g/mol. The smallest absolute Gasteiger partial charge is 0.335 e. The van der Waals surface area contributed by atoms with Gasteiger partial charge in [-0.15, -0.1) is 0 Å². The largest absolute Gasteiger partial charge is 0.507 e. The van der Waals surface area contributed by atoms with Crippen molar-refractivity contribution in [1.29, 1.82) is 0 Å². The number of aromatic hydroxyl groups is 1. The number of carboxylic acids is 1. The molecule has 0 aliphatic carbocycles. The van der Waals surface area contributed by atoms with Gasteiger partial charge in [-0.3, -0.25) is 9.36 Å².